The number of pyridine rings is 4. The zero-order chi connectivity index (χ0) is 59.1. The molecule has 6 rings (SSSR count). The van der Waals surface area contributed by atoms with Gasteiger partial charge in [-0.3, -0.25) is 15.0 Å². The van der Waals surface area contributed by atoms with E-state index in [0.29, 0.717) is 78.4 Å². The van der Waals surface area contributed by atoms with E-state index in [0.717, 1.165) is 34.3 Å². The highest BCUT2D eigenvalue weighted by Gasteiger charge is 2.13. The molecule has 0 atom stereocenters. The number of hydrogen-bond donors (Lipinski definition) is 2. The minimum atomic E-state index is -2.42. The predicted octanol–water partition coefficient (Wildman–Crippen LogP) is 17.1. The summed E-state index contributed by atoms with van der Waals surface area (Å²) in [6.45, 7) is 45.6. The smallest absolute Gasteiger partial charge is 0.265 e. The van der Waals surface area contributed by atoms with Crippen molar-refractivity contribution in [2.45, 2.75) is 199 Å². The highest BCUT2D eigenvalue weighted by Crippen LogP contribution is 2.23. The number of anilines is 2. The van der Waals surface area contributed by atoms with Crippen molar-refractivity contribution in [3.63, 3.8) is 0 Å². The van der Waals surface area contributed by atoms with Gasteiger partial charge in [-0.25, -0.2) is 33.7 Å². The van der Waals surface area contributed by atoms with E-state index in [2.05, 4.69) is 194 Å². The molecule has 6 aromatic rings. The summed E-state index contributed by atoms with van der Waals surface area (Å²) in [5, 5.41) is 6.55. The Morgan fingerprint density at radius 1 is 0.449 bits per heavy atom. The van der Waals surface area contributed by atoms with Crippen molar-refractivity contribution >= 4 is 11.6 Å². The van der Waals surface area contributed by atoms with Crippen LogP contribution in [0.2, 0.25) is 0 Å². The van der Waals surface area contributed by atoms with Gasteiger partial charge in [-0.15, -0.1) is 0 Å². The van der Waals surface area contributed by atoms with Crippen molar-refractivity contribution in [1.29, 1.82) is 0 Å². The van der Waals surface area contributed by atoms with Crippen molar-refractivity contribution in [2.75, 3.05) is 31.0 Å². The lowest BCUT2D eigenvalue weighted by molar-refractivity contribution is 0.151. The van der Waals surface area contributed by atoms with Gasteiger partial charge < -0.3 is 24.8 Å². The van der Waals surface area contributed by atoms with Crippen LogP contribution in [0.25, 0.3) is 0 Å². The number of halogens is 2. The summed E-state index contributed by atoms with van der Waals surface area (Å²) in [5.74, 6) is 6.98. The molecule has 0 saturated carbocycles. The van der Waals surface area contributed by atoms with E-state index < -0.39 is 6.43 Å². The van der Waals surface area contributed by atoms with Crippen LogP contribution in [0.15, 0.2) is 98.1 Å². The summed E-state index contributed by atoms with van der Waals surface area (Å²) >= 11 is 0. The quantitative estimate of drug-likeness (QED) is 0.0891. The third kappa shape index (κ3) is 31.1. The number of ether oxygens (including phenoxy) is 3. The van der Waals surface area contributed by atoms with Gasteiger partial charge in [-0.2, -0.15) is 0 Å². The molecule has 0 aliphatic carbocycles. The van der Waals surface area contributed by atoms with Crippen LogP contribution in [0.3, 0.4) is 0 Å². The van der Waals surface area contributed by atoms with Crippen molar-refractivity contribution in [3.8, 4) is 17.6 Å². The first kappa shape index (κ1) is 69.6. The Hall–Kier alpha value is -6.38. The minimum absolute atomic E-state index is 0.00111. The normalized spacial score (nSPS) is 11.1. The zero-order valence-electron chi connectivity index (χ0n) is 51.5. The average molecular weight is 1080 g/mol. The standard InChI is InChI=1S/C12H20N2O.C11H18N2O.2C11H18N2.C9H11F2N.C9H13NO/c1-9(2)10-6-13-7-11(14-10)15-8-12(3,4)5;1-8(2)7-14-11-6-12-5-10(13-11)9(3)4;1-8(2)10-5-6-11(12-7-10)13-9(3)4;1-8(2)10-6-5-7-11(13-10)12-9(3)4;1-6(2)7-3-8(9(10)11)5-12-4-7;1-7(2)8-4-5-9(11-3)10-6-8/h6-7,9H,8H2,1-5H3;5-6,8-9H,7H2,1-4H3;2*5-9H,1-4H3,(H,12,13);3-6,9H,1-2H3;4-7H,1-3H3. The van der Waals surface area contributed by atoms with Gasteiger partial charge in [0, 0.05) is 66.6 Å². The number of nitrogens with one attached hydrogen (secondary N) is 2. The molecular formula is C63H98F2N10O3. The minimum Gasteiger partial charge on any atom is -0.481 e. The lowest BCUT2D eigenvalue weighted by atomic mass is 9.99. The Kier molecular flexibility index (Phi) is 32.7. The fourth-order valence-corrected chi connectivity index (χ4v) is 6.01. The van der Waals surface area contributed by atoms with Crippen LogP contribution in [0.1, 0.15) is 227 Å². The maximum atomic E-state index is 12.2. The second-order valence-corrected chi connectivity index (χ2v) is 23.1. The van der Waals surface area contributed by atoms with Gasteiger partial charge in [0.2, 0.25) is 17.6 Å². The summed E-state index contributed by atoms with van der Waals surface area (Å²) in [4.78, 5) is 33.6. The molecule has 0 saturated heterocycles. The number of methoxy groups -OCH3 is 1. The zero-order valence-corrected chi connectivity index (χ0v) is 51.5. The van der Waals surface area contributed by atoms with Crippen LogP contribution in [0, 0.1) is 11.3 Å². The first-order valence-corrected chi connectivity index (χ1v) is 27.6. The van der Waals surface area contributed by atoms with Gasteiger partial charge in [0.1, 0.15) is 11.6 Å². The van der Waals surface area contributed by atoms with Gasteiger partial charge in [-0.1, -0.05) is 136 Å². The van der Waals surface area contributed by atoms with Crippen LogP contribution >= 0.6 is 0 Å². The molecule has 0 aliphatic heterocycles. The van der Waals surface area contributed by atoms with Crippen LogP contribution in [0.5, 0.6) is 17.6 Å². The topological polar surface area (TPSA) is 155 Å². The van der Waals surface area contributed by atoms with Crippen molar-refractivity contribution in [2.24, 2.45) is 11.3 Å². The number of alkyl halides is 2. The molecule has 432 valence electrons. The average Bonchev–Trinajstić information content (AvgIpc) is 3.38. The van der Waals surface area contributed by atoms with Crippen molar-refractivity contribution < 1.29 is 23.0 Å². The molecule has 0 amide bonds. The molecule has 0 spiro atoms. The van der Waals surface area contributed by atoms with E-state index >= 15 is 0 Å². The maximum Gasteiger partial charge on any atom is 0.265 e. The second-order valence-electron chi connectivity index (χ2n) is 23.1. The van der Waals surface area contributed by atoms with E-state index in [4.69, 9.17) is 14.2 Å². The Morgan fingerprint density at radius 2 is 0.923 bits per heavy atom. The summed E-state index contributed by atoms with van der Waals surface area (Å²) < 4.78 is 40.4. The number of rotatable bonds is 17. The largest absolute Gasteiger partial charge is 0.481 e. The van der Waals surface area contributed by atoms with E-state index in [1.807, 2.05) is 56.6 Å². The van der Waals surface area contributed by atoms with Gasteiger partial charge in [-0.05, 0) is 115 Å². The van der Waals surface area contributed by atoms with Gasteiger partial charge in [0.25, 0.3) is 6.43 Å². The highest BCUT2D eigenvalue weighted by atomic mass is 19.3. The number of hydrogen-bond acceptors (Lipinski definition) is 13. The summed E-state index contributed by atoms with van der Waals surface area (Å²) in [6, 6.07) is 16.6. The molecule has 78 heavy (non-hydrogen) atoms. The molecule has 0 bridgehead atoms. The Balaban J connectivity index is 0.000000469. The number of nitrogens with zero attached hydrogens (tertiary/aromatic N) is 8. The van der Waals surface area contributed by atoms with Crippen molar-refractivity contribution in [3.05, 3.63) is 137 Å². The van der Waals surface area contributed by atoms with Crippen LogP contribution in [0.4, 0.5) is 20.4 Å². The Bertz CT molecular complexity index is 2470. The van der Waals surface area contributed by atoms with E-state index in [1.54, 1.807) is 38.1 Å². The second kappa shape index (κ2) is 36.7. The number of aromatic nitrogens is 8. The fourth-order valence-electron chi connectivity index (χ4n) is 6.01. The molecule has 6 aromatic heterocycles. The van der Waals surface area contributed by atoms with Gasteiger partial charge in [0.05, 0.1) is 44.1 Å². The van der Waals surface area contributed by atoms with Crippen molar-refractivity contribution in [1.82, 2.24) is 39.9 Å². The third-order valence-electron chi connectivity index (χ3n) is 10.7. The van der Waals surface area contributed by atoms with E-state index in [-0.39, 0.29) is 16.9 Å². The monoisotopic (exact) mass is 1080 g/mol. The molecule has 0 aliphatic rings. The lowest BCUT2D eigenvalue weighted by Gasteiger charge is -2.18. The Labute approximate surface area is 469 Å². The molecule has 13 nitrogen and oxygen atoms in total. The van der Waals surface area contributed by atoms with E-state index in [1.165, 1.54) is 23.4 Å². The molecule has 0 fully saturated rings. The molecule has 0 radical (unpaired) electrons. The van der Waals surface area contributed by atoms with E-state index in [9.17, 15) is 8.78 Å². The molecule has 0 unspecified atom stereocenters. The summed E-state index contributed by atoms with van der Waals surface area (Å²) in [7, 11) is 1.62. The SMILES string of the molecule is CC(C)COc1cncc(C(C)C)n1.CC(C)Nc1ccc(C(C)C)cn1.CC(C)Nc1cccc(C(C)C)n1.CC(C)c1cncc(C(F)F)c1.CC(C)c1cncc(OCC(C)(C)C)n1.COc1ccc(C(C)C)cn1. The van der Waals surface area contributed by atoms with Gasteiger partial charge in [0.15, 0.2) is 0 Å². The first-order chi connectivity index (χ1) is 36.5. The summed E-state index contributed by atoms with van der Waals surface area (Å²) in [6.07, 6.45) is 11.1. The van der Waals surface area contributed by atoms with Crippen LogP contribution < -0.4 is 24.8 Å². The third-order valence-corrected chi connectivity index (χ3v) is 10.7. The van der Waals surface area contributed by atoms with Gasteiger partial charge >= 0.3 is 0 Å². The molecule has 0 aromatic carbocycles. The molecular weight excluding hydrogens is 983 g/mol. The molecule has 15 heteroatoms. The van der Waals surface area contributed by atoms with Crippen LogP contribution in [-0.4, -0.2) is 72.3 Å². The fraction of sp³-hybridized carbons (Fsp3) is 0.556. The summed E-state index contributed by atoms with van der Waals surface area (Å²) in [5.41, 5.74) is 6.63. The van der Waals surface area contributed by atoms with Crippen LogP contribution in [-0.2, 0) is 0 Å². The predicted molar refractivity (Wildman–Crippen MR) is 320 cm³/mol. The molecule has 2 N–H and O–H groups in total. The highest BCUT2D eigenvalue weighted by molar-refractivity contribution is 5.37. The molecule has 6 heterocycles. The lowest BCUT2D eigenvalue weighted by Crippen LogP contribution is -2.17. The Morgan fingerprint density at radius 3 is 1.33 bits per heavy atom. The maximum absolute atomic E-state index is 12.2. The first-order valence-electron chi connectivity index (χ1n) is 27.6.